The van der Waals surface area contributed by atoms with E-state index >= 15 is 0 Å². The summed E-state index contributed by atoms with van der Waals surface area (Å²) >= 11 is 0. The third-order valence-corrected chi connectivity index (χ3v) is 12.9. The molecule has 2 amide bonds. The average molecular weight is 915 g/mol. The molecule has 0 spiro atoms. The molecule has 4 aromatic rings. The van der Waals surface area contributed by atoms with E-state index < -0.39 is 58.4 Å². The van der Waals surface area contributed by atoms with Gasteiger partial charge in [0.05, 0.1) is 11.1 Å². The van der Waals surface area contributed by atoms with Crippen LogP contribution in [0.2, 0.25) is 0 Å². The first-order valence-corrected chi connectivity index (χ1v) is 22.0. The minimum Gasteiger partial charge on any atom is -0.435 e. The molecule has 0 aromatic heterocycles. The van der Waals surface area contributed by atoms with E-state index in [1.54, 1.807) is 60.7 Å². The molecule has 0 bridgehead atoms. The number of carbonyl (C=O) groups excluding carboxylic acids is 4. The van der Waals surface area contributed by atoms with Crippen molar-refractivity contribution in [3.05, 3.63) is 143 Å². The van der Waals surface area contributed by atoms with Crippen LogP contribution in [-0.2, 0) is 52.2 Å². The molecule has 346 valence electrons. The number of ether oxygens (including phenoxy) is 2. The quantitative estimate of drug-likeness (QED) is 0.0556. The van der Waals surface area contributed by atoms with Gasteiger partial charge in [-0.2, -0.15) is 26.3 Å². The Morgan fingerprint density at radius 1 is 0.561 bits per heavy atom. The molecular formula is C50H48F6N4O6. The molecule has 10 nitrogen and oxygen atoms in total. The summed E-state index contributed by atoms with van der Waals surface area (Å²) in [6, 6.07) is 24.0. The van der Waals surface area contributed by atoms with Crippen LogP contribution in [0.15, 0.2) is 109 Å². The zero-order chi connectivity index (χ0) is 46.7. The zero-order valence-corrected chi connectivity index (χ0v) is 35.9. The van der Waals surface area contributed by atoms with Gasteiger partial charge in [0.2, 0.25) is 11.2 Å². The first-order chi connectivity index (χ1) is 31.6. The molecule has 2 N–H and O–H groups in total. The highest BCUT2D eigenvalue weighted by Crippen LogP contribution is 2.45. The van der Waals surface area contributed by atoms with E-state index in [-0.39, 0.29) is 12.8 Å². The Kier molecular flexibility index (Phi) is 13.3. The highest BCUT2D eigenvalue weighted by atomic mass is 19.4. The molecule has 8 rings (SSSR count). The largest absolute Gasteiger partial charge is 0.435 e. The Hall–Kier alpha value is -6.26. The number of rotatable bonds is 14. The van der Waals surface area contributed by atoms with E-state index in [1.807, 2.05) is 12.2 Å². The summed E-state index contributed by atoms with van der Waals surface area (Å²) in [4.78, 5) is 59.6. The number of benzene rings is 4. The van der Waals surface area contributed by atoms with Gasteiger partial charge >= 0.3 is 24.3 Å². The monoisotopic (exact) mass is 914 g/mol. The molecule has 0 saturated heterocycles. The van der Waals surface area contributed by atoms with Crippen LogP contribution in [-0.4, -0.2) is 72.8 Å². The standard InChI is InChI=1S/C50H48F6N4O6/c51-49(52,53)37-13-9-11-35(31-37)33-19-27-59(28-20-33)25-7-5-23-47(39-15-1-3-17-41(39)57-45(47)63)65-43(61)44(62)66-48(40-16-2-4-18-42(40)58-46(48)64)24-6-8-26-60-29-21-34(22-30-60)36-12-10-14-38(32-36)50(54,55)56/h1-4,9-19,21,31-32H,5-8,20,22-30H2,(H,57,63)(H,58,64). The van der Waals surface area contributed by atoms with Gasteiger partial charge in [0.1, 0.15) is 0 Å². The fourth-order valence-electron chi connectivity index (χ4n) is 9.34. The van der Waals surface area contributed by atoms with Gasteiger partial charge in [-0.3, -0.25) is 19.4 Å². The van der Waals surface area contributed by atoms with Crippen LogP contribution >= 0.6 is 0 Å². The van der Waals surface area contributed by atoms with Crippen molar-refractivity contribution < 1.29 is 55.0 Å². The maximum atomic E-state index is 13.9. The van der Waals surface area contributed by atoms with Crippen molar-refractivity contribution in [1.82, 2.24) is 9.80 Å². The minimum atomic E-state index is -4.44. The Bertz CT molecular complexity index is 2400. The van der Waals surface area contributed by atoms with Gasteiger partial charge in [-0.05, 0) is 110 Å². The van der Waals surface area contributed by atoms with Gasteiger partial charge in [-0.25, -0.2) is 9.59 Å². The number of nitrogens with one attached hydrogen (secondary N) is 2. The topological polar surface area (TPSA) is 117 Å². The second-order valence-electron chi connectivity index (χ2n) is 17.1. The fraction of sp³-hybridized carbons (Fsp3) is 0.360. The lowest BCUT2D eigenvalue weighted by Gasteiger charge is -2.31. The maximum absolute atomic E-state index is 13.9. The van der Waals surface area contributed by atoms with E-state index in [0.29, 0.717) is 111 Å². The predicted molar refractivity (Wildman–Crippen MR) is 234 cm³/mol. The number of amides is 2. The highest BCUT2D eigenvalue weighted by molar-refractivity contribution is 6.31. The number of nitrogens with zero attached hydrogens (tertiary/aromatic N) is 2. The van der Waals surface area contributed by atoms with Crippen LogP contribution in [0.5, 0.6) is 0 Å². The van der Waals surface area contributed by atoms with Gasteiger partial charge in [0, 0.05) is 61.5 Å². The zero-order valence-electron chi connectivity index (χ0n) is 35.9. The molecule has 0 radical (unpaired) electrons. The second kappa shape index (κ2) is 18.9. The van der Waals surface area contributed by atoms with Crippen LogP contribution in [0, 0.1) is 0 Å². The summed E-state index contributed by atoms with van der Waals surface area (Å²) in [5, 5.41) is 5.53. The van der Waals surface area contributed by atoms with Crippen molar-refractivity contribution in [1.29, 1.82) is 0 Å². The molecular weight excluding hydrogens is 867 g/mol. The molecule has 0 saturated carbocycles. The Balaban J connectivity index is 0.900. The molecule has 2 unspecified atom stereocenters. The Morgan fingerprint density at radius 2 is 0.970 bits per heavy atom. The predicted octanol–water partition coefficient (Wildman–Crippen LogP) is 9.72. The summed E-state index contributed by atoms with van der Waals surface area (Å²) in [7, 11) is 0. The maximum Gasteiger partial charge on any atom is 0.418 e. The average Bonchev–Trinajstić information content (AvgIpc) is 3.74. The van der Waals surface area contributed by atoms with E-state index in [1.165, 1.54) is 12.1 Å². The van der Waals surface area contributed by atoms with Gasteiger partial charge in [-0.15, -0.1) is 0 Å². The second-order valence-corrected chi connectivity index (χ2v) is 17.1. The molecule has 4 aromatic carbocycles. The van der Waals surface area contributed by atoms with Crippen LogP contribution in [0.25, 0.3) is 11.1 Å². The summed E-state index contributed by atoms with van der Waals surface area (Å²) < 4.78 is 91.7. The number of halogens is 6. The number of unbranched alkanes of at least 4 members (excludes halogenated alkanes) is 2. The first kappa shape index (κ1) is 46.3. The number of para-hydroxylation sites is 2. The SMILES string of the molecule is O=C(OC1(CCCCN2CC=C(c3cccc(C(F)(F)F)c3)CC2)C(=O)Nc2ccccc21)C(=O)OC1(CCCCN2CC=C(c3cccc(C(F)(F)F)c3)CC2)C(=O)Nc2ccccc21. The van der Waals surface area contributed by atoms with Crippen LogP contribution < -0.4 is 10.6 Å². The molecule has 0 fully saturated rings. The smallest absolute Gasteiger partial charge is 0.418 e. The van der Waals surface area contributed by atoms with Crippen LogP contribution in [0.4, 0.5) is 37.7 Å². The lowest BCUT2D eigenvalue weighted by atomic mass is 9.89. The Morgan fingerprint density at radius 3 is 1.35 bits per heavy atom. The van der Waals surface area contributed by atoms with Gasteiger partial charge < -0.3 is 20.1 Å². The third-order valence-electron chi connectivity index (χ3n) is 12.9. The van der Waals surface area contributed by atoms with Crippen molar-refractivity contribution >= 4 is 46.3 Å². The van der Waals surface area contributed by atoms with Gasteiger partial charge in [0.25, 0.3) is 11.8 Å². The number of fused-ring (bicyclic) bond motifs is 2. The molecule has 2 atom stereocenters. The number of carbonyl (C=O) groups is 4. The molecule has 4 aliphatic rings. The number of hydrogen-bond donors (Lipinski definition) is 2. The van der Waals surface area contributed by atoms with Gasteiger partial charge in [0.15, 0.2) is 0 Å². The molecule has 4 aliphatic heterocycles. The number of alkyl halides is 6. The number of esters is 2. The number of hydrogen-bond acceptors (Lipinski definition) is 8. The van der Waals surface area contributed by atoms with E-state index in [9.17, 15) is 45.5 Å². The summed E-state index contributed by atoms with van der Waals surface area (Å²) in [6.07, 6.45) is -1.97. The van der Waals surface area contributed by atoms with Crippen LogP contribution in [0.1, 0.15) is 84.7 Å². The van der Waals surface area contributed by atoms with Crippen molar-refractivity contribution in [3.63, 3.8) is 0 Å². The molecule has 66 heavy (non-hydrogen) atoms. The lowest BCUT2D eigenvalue weighted by Crippen LogP contribution is -2.45. The van der Waals surface area contributed by atoms with E-state index in [4.69, 9.17) is 9.47 Å². The van der Waals surface area contributed by atoms with Crippen molar-refractivity contribution in [3.8, 4) is 0 Å². The van der Waals surface area contributed by atoms with Crippen molar-refractivity contribution in [2.24, 2.45) is 0 Å². The Labute approximate surface area is 377 Å². The van der Waals surface area contributed by atoms with Crippen molar-refractivity contribution in [2.75, 3.05) is 49.9 Å². The lowest BCUT2D eigenvalue weighted by molar-refractivity contribution is -0.189. The first-order valence-electron chi connectivity index (χ1n) is 22.0. The summed E-state index contributed by atoms with van der Waals surface area (Å²) in [5.41, 5.74) is -0.835. The number of anilines is 2. The highest BCUT2D eigenvalue weighted by Gasteiger charge is 2.54. The third kappa shape index (κ3) is 9.80. The minimum absolute atomic E-state index is 0.0234. The van der Waals surface area contributed by atoms with Gasteiger partial charge in [-0.1, -0.05) is 72.8 Å². The molecule has 0 aliphatic carbocycles. The molecule has 16 heteroatoms. The fourth-order valence-corrected chi connectivity index (χ4v) is 9.34. The van der Waals surface area contributed by atoms with E-state index in [2.05, 4.69) is 20.4 Å². The van der Waals surface area contributed by atoms with E-state index in [0.717, 1.165) is 35.4 Å². The van der Waals surface area contributed by atoms with Crippen LogP contribution in [0.3, 0.4) is 0 Å². The van der Waals surface area contributed by atoms with Crippen molar-refractivity contribution in [2.45, 2.75) is 74.9 Å². The summed E-state index contributed by atoms with van der Waals surface area (Å²) in [6.45, 7) is 3.43. The molecule has 4 heterocycles. The normalized spacial score (nSPS) is 21.0. The summed E-state index contributed by atoms with van der Waals surface area (Å²) in [5.74, 6) is -4.16.